The topological polar surface area (TPSA) is 32.3 Å². The van der Waals surface area contributed by atoms with Crippen molar-refractivity contribution in [2.45, 2.75) is 6.92 Å². The van der Waals surface area contributed by atoms with Crippen molar-refractivity contribution >= 4 is 17.3 Å². The van der Waals surface area contributed by atoms with E-state index in [1.54, 1.807) is 6.92 Å². The van der Waals surface area contributed by atoms with E-state index in [1.807, 2.05) is 0 Å². The first kappa shape index (κ1) is 9.29. The van der Waals surface area contributed by atoms with Crippen molar-refractivity contribution in [1.82, 2.24) is 0 Å². The van der Waals surface area contributed by atoms with Crippen LogP contribution in [0, 0.1) is 12.7 Å². The summed E-state index contributed by atoms with van der Waals surface area (Å²) < 4.78 is 12.9. The average molecular weight is 190 g/mol. The number of aliphatic hydroxyl groups is 1. The third-order valence-electron chi connectivity index (χ3n) is 1.52. The van der Waals surface area contributed by atoms with Gasteiger partial charge in [0.15, 0.2) is 0 Å². The van der Waals surface area contributed by atoms with Gasteiger partial charge in [-0.15, -0.1) is 0 Å². The van der Waals surface area contributed by atoms with Crippen molar-refractivity contribution in [2.75, 3.05) is 12.0 Å². The summed E-state index contributed by atoms with van der Waals surface area (Å²) >= 11 is 5.74. The first-order valence-corrected chi connectivity index (χ1v) is 3.83. The summed E-state index contributed by atoms with van der Waals surface area (Å²) in [6, 6.07) is 2.77. The monoisotopic (exact) mass is 189 g/mol. The van der Waals surface area contributed by atoms with Gasteiger partial charge in [-0.25, -0.2) is 4.39 Å². The minimum Gasteiger partial charge on any atom is -0.377 e. The Balaban J connectivity index is 3.05. The fourth-order valence-corrected chi connectivity index (χ4v) is 1.15. The van der Waals surface area contributed by atoms with Crippen LogP contribution in [0.2, 0.25) is 5.02 Å². The first-order valence-electron chi connectivity index (χ1n) is 3.45. The van der Waals surface area contributed by atoms with E-state index in [4.69, 9.17) is 16.7 Å². The zero-order chi connectivity index (χ0) is 9.14. The van der Waals surface area contributed by atoms with Crippen molar-refractivity contribution < 1.29 is 9.50 Å². The normalized spacial score (nSPS) is 10.0. The Morgan fingerprint density at radius 1 is 1.58 bits per heavy atom. The van der Waals surface area contributed by atoms with Crippen LogP contribution in [0.3, 0.4) is 0 Å². The number of hydrogen-bond donors (Lipinski definition) is 2. The molecule has 1 aromatic carbocycles. The highest BCUT2D eigenvalue weighted by atomic mass is 35.5. The molecule has 66 valence electrons. The molecular weight excluding hydrogens is 181 g/mol. The van der Waals surface area contributed by atoms with Gasteiger partial charge in [-0.2, -0.15) is 0 Å². The number of nitrogens with one attached hydrogen (secondary N) is 1. The molecule has 0 aromatic heterocycles. The van der Waals surface area contributed by atoms with Gasteiger partial charge in [-0.3, -0.25) is 0 Å². The molecule has 0 amide bonds. The molecular formula is C8H9ClFNO. The lowest BCUT2D eigenvalue weighted by molar-refractivity contribution is 0.325. The maximum Gasteiger partial charge on any atom is 0.128 e. The number of aryl methyl sites for hydroxylation is 1. The predicted molar refractivity (Wildman–Crippen MR) is 46.9 cm³/mol. The summed E-state index contributed by atoms with van der Waals surface area (Å²) in [5, 5.41) is 11.4. The fraction of sp³-hybridized carbons (Fsp3) is 0.250. The van der Waals surface area contributed by atoms with Crippen LogP contribution < -0.4 is 5.32 Å². The number of aliphatic hydroxyl groups excluding tert-OH is 1. The Bertz CT molecular complexity index is 291. The van der Waals surface area contributed by atoms with Crippen LogP contribution >= 0.6 is 11.6 Å². The van der Waals surface area contributed by atoms with Crippen molar-refractivity contribution in [3.8, 4) is 0 Å². The maximum absolute atomic E-state index is 12.9. The number of halogens is 2. The Kier molecular flexibility index (Phi) is 2.89. The highest BCUT2D eigenvalue weighted by Gasteiger charge is 2.03. The van der Waals surface area contributed by atoms with Gasteiger partial charge in [-0.1, -0.05) is 11.6 Å². The Morgan fingerprint density at radius 2 is 2.25 bits per heavy atom. The zero-order valence-electron chi connectivity index (χ0n) is 6.56. The molecule has 0 radical (unpaired) electrons. The molecule has 1 aromatic rings. The van der Waals surface area contributed by atoms with Gasteiger partial charge in [-0.05, 0) is 24.6 Å². The van der Waals surface area contributed by atoms with Gasteiger partial charge in [0.05, 0.1) is 10.7 Å². The van der Waals surface area contributed by atoms with E-state index in [2.05, 4.69) is 5.32 Å². The molecule has 0 heterocycles. The van der Waals surface area contributed by atoms with Crippen molar-refractivity contribution in [3.05, 3.63) is 28.5 Å². The quantitative estimate of drug-likeness (QED) is 0.699. The second-order valence-corrected chi connectivity index (χ2v) is 2.82. The highest BCUT2D eigenvalue weighted by Crippen LogP contribution is 2.24. The lowest BCUT2D eigenvalue weighted by atomic mass is 10.2. The molecule has 0 saturated heterocycles. The molecule has 0 aliphatic carbocycles. The second-order valence-electron chi connectivity index (χ2n) is 2.42. The standard InChI is InChI=1S/C8H9ClFNO/c1-5-2-6(9)8(11-4-12)3-7(5)10/h2-3,11-12H,4H2,1H3. The van der Waals surface area contributed by atoms with Gasteiger partial charge in [0, 0.05) is 0 Å². The molecule has 0 atom stereocenters. The lowest BCUT2D eigenvalue weighted by Crippen LogP contribution is -2.00. The third-order valence-corrected chi connectivity index (χ3v) is 1.83. The Hall–Kier alpha value is -0.800. The van der Waals surface area contributed by atoms with E-state index >= 15 is 0 Å². The average Bonchev–Trinajstić information content (AvgIpc) is 2.01. The van der Waals surface area contributed by atoms with E-state index in [1.165, 1.54) is 12.1 Å². The van der Waals surface area contributed by atoms with E-state index in [-0.39, 0.29) is 12.5 Å². The van der Waals surface area contributed by atoms with Crippen LogP contribution in [0.4, 0.5) is 10.1 Å². The van der Waals surface area contributed by atoms with Gasteiger partial charge in [0.1, 0.15) is 12.5 Å². The van der Waals surface area contributed by atoms with E-state index < -0.39 is 0 Å². The van der Waals surface area contributed by atoms with Crippen LogP contribution in [-0.2, 0) is 0 Å². The molecule has 4 heteroatoms. The van der Waals surface area contributed by atoms with Crippen molar-refractivity contribution in [1.29, 1.82) is 0 Å². The predicted octanol–water partition coefficient (Wildman–Crippen LogP) is 2.15. The zero-order valence-corrected chi connectivity index (χ0v) is 7.32. The molecule has 0 aliphatic rings. The molecule has 0 aliphatic heterocycles. The molecule has 0 fully saturated rings. The smallest absolute Gasteiger partial charge is 0.128 e. The first-order chi connectivity index (χ1) is 5.65. The number of rotatable bonds is 2. The molecule has 0 saturated carbocycles. The summed E-state index contributed by atoms with van der Waals surface area (Å²) in [4.78, 5) is 0. The van der Waals surface area contributed by atoms with Crippen molar-refractivity contribution in [3.63, 3.8) is 0 Å². The van der Waals surface area contributed by atoms with E-state index in [0.717, 1.165) is 0 Å². The van der Waals surface area contributed by atoms with Crippen LogP contribution in [0.25, 0.3) is 0 Å². The number of benzene rings is 1. The van der Waals surface area contributed by atoms with Gasteiger partial charge in [0.2, 0.25) is 0 Å². The van der Waals surface area contributed by atoms with Gasteiger partial charge < -0.3 is 10.4 Å². The largest absolute Gasteiger partial charge is 0.377 e. The molecule has 0 bridgehead atoms. The van der Waals surface area contributed by atoms with Crippen LogP contribution in [0.5, 0.6) is 0 Å². The minimum atomic E-state index is -0.338. The summed E-state index contributed by atoms with van der Waals surface area (Å²) in [7, 11) is 0. The Morgan fingerprint density at radius 3 is 2.83 bits per heavy atom. The number of anilines is 1. The van der Waals surface area contributed by atoms with Gasteiger partial charge >= 0.3 is 0 Å². The van der Waals surface area contributed by atoms with Gasteiger partial charge in [0.25, 0.3) is 0 Å². The van der Waals surface area contributed by atoms with Crippen LogP contribution in [0.15, 0.2) is 12.1 Å². The Labute approximate surface area is 75.0 Å². The molecule has 2 nitrogen and oxygen atoms in total. The fourth-order valence-electron chi connectivity index (χ4n) is 0.867. The third kappa shape index (κ3) is 1.87. The second kappa shape index (κ2) is 3.74. The summed E-state index contributed by atoms with van der Waals surface area (Å²) in [5.74, 6) is -0.338. The lowest BCUT2D eigenvalue weighted by Gasteiger charge is -2.06. The minimum absolute atomic E-state index is 0.262. The van der Waals surface area contributed by atoms with E-state index in [0.29, 0.717) is 16.3 Å². The molecule has 0 unspecified atom stereocenters. The van der Waals surface area contributed by atoms with E-state index in [9.17, 15) is 4.39 Å². The SMILES string of the molecule is Cc1cc(Cl)c(NCO)cc1F. The van der Waals surface area contributed by atoms with Crippen molar-refractivity contribution in [2.24, 2.45) is 0 Å². The molecule has 2 N–H and O–H groups in total. The highest BCUT2D eigenvalue weighted by molar-refractivity contribution is 6.33. The summed E-state index contributed by atoms with van der Waals surface area (Å²) in [6.45, 7) is 1.37. The summed E-state index contributed by atoms with van der Waals surface area (Å²) in [6.07, 6.45) is 0. The molecule has 0 spiro atoms. The molecule has 1 rings (SSSR count). The summed E-state index contributed by atoms with van der Waals surface area (Å²) in [5.41, 5.74) is 0.894. The number of hydrogen-bond acceptors (Lipinski definition) is 2. The maximum atomic E-state index is 12.9. The molecule has 12 heavy (non-hydrogen) atoms. The van der Waals surface area contributed by atoms with Crippen LogP contribution in [-0.4, -0.2) is 11.8 Å². The van der Waals surface area contributed by atoms with Crippen LogP contribution in [0.1, 0.15) is 5.56 Å².